The number of para-hydroxylation sites is 1. The van der Waals surface area contributed by atoms with Gasteiger partial charge in [-0.25, -0.2) is 14.8 Å². The molecule has 0 saturated carbocycles. The molecule has 7 heteroatoms. The molecule has 0 spiro atoms. The Kier molecular flexibility index (Phi) is 5.06. The molecule has 7 nitrogen and oxygen atoms in total. The molecule has 1 atom stereocenters. The van der Waals surface area contributed by atoms with E-state index in [0.29, 0.717) is 29.6 Å². The van der Waals surface area contributed by atoms with Crippen LogP contribution < -0.4 is 10.6 Å². The van der Waals surface area contributed by atoms with Gasteiger partial charge in [-0.1, -0.05) is 26.0 Å². The van der Waals surface area contributed by atoms with Gasteiger partial charge in [-0.3, -0.25) is 9.59 Å². The van der Waals surface area contributed by atoms with Crippen LogP contribution in [0.1, 0.15) is 51.8 Å². The third-order valence-corrected chi connectivity index (χ3v) is 4.49. The largest absolute Gasteiger partial charge is 0.464 e. The zero-order valence-electron chi connectivity index (χ0n) is 15.3. The summed E-state index contributed by atoms with van der Waals surface area (Å²) in [5.74, 6) is -0.408. The van der Waals surface area contributed by atoms with E-state index in [1.54, 1.807) is 25.1 Å². The van der Waals surface area contributed by atoms with Gasteiger partial charge >= 0.3 is 5.97 Å². The topological polar surface area (TPSA) is 81.5 Å². The standard InChI is InChI=1S/C19H23N3O4/c1-4-26-19(25)15-10-7-11-16(23)21(15)22-17(12(2)3)20-14-9-6-5-8-13(14)18(22)24/h5-6,8-9,12,15H,4,7,10-11H2,1-3H3. The summed E-state index contributed by atoms with van der Waals surface area (Å²) in [7, 11) is 0. The van der Waals surface area contributed by atoms with E-state index < -0.39 is 12.0 Å². The third kappa shape index (κ3) is 3.09. The predicted octanol–water partition coefficient (Wildman–Crippen LogP) is 2.10. The second-order valence-corrected chi connectivity index (χ2v) is 6.66. The molecular formula is C19H23N3O4. The average molecular weight is 357 g/mol. The minimum Gasteiger partial charge on any atom is -0.464 e. The molecule has 0 bridgehead atoms. The smallest absolute Gasteiger partial charge is 0.331 e. The fourth-order valence-electron chi connectivity index (χ4n) is 3.29. The highest BCUT2D eigenvalue weighted by atomic mass is 16.5. The first kappa shape index (κ1) is 18.1. The quantitative estimate of drug-likeness (QED) is 0.783. The predicted molar refractivity (Wildman–Crippen MR) is 97.6 cm³/mol. The zero-order chi connectivity index (χ0) is 18.8. The number of amides is 1. The number of ether oxygens (including phenoxy) is 1. The maximum Gasteiger partial charge on any atom is 0.331 e. The summed E-state index contributed by atoms with van der Waals surface area (Å²) < 4.78 is 6.43. The molecular weight excluding hydrogens is 334 g/mol. The summed E-state index contributed by atoms with van der Waals surface area (Å²) in [5, 5.41) is 1.68. The van der Waals surface area contributed by atoms with Crippen molar-refractivity contribution in [3.63, 3.8) is 0 Å². The van der Waals surface area contributed by atoms with Crippen molar-refractivity contribution in [1.29, 1.82) is 0 Å². The first-order valence-electron chi connectivity index (χ1n) is 8.96. The Morgan fingerprint density at radius 1 is 1.31 bits per heavy atom. The van der Waals surface area contributed by atoms with Gasteiger partial charge in [0, 0.05) is 12.3 Å². The molecule has 2 aromatic rings. The number of hydrogen-bond acceptors (Lipinski definition) is 5. The van der Waals surface area contributed by atoms with Gasteiger partial charge < -0.3 is 4.74 Å². The number of piperidine rings is 1. The number of rotatable bonds is 4. The van der Waals surface area contributed by atoms with Gasteiger partial charge in [-0.2, -0.15) is 4.68 Å². The number of benzene rings is 1. The van der Waals surface area contributed by atoms with Crippen LogP contribution in [0.5, 0.6) is 0 Å². The van der Waals surface area contributed by atoms with Crippen molar-refractivity contribution in [2.75, 3.05) is 11.6 Å². The van der Waals surface area contributed by atoms with Crippen molar-refractivity contribution in [2.24, 2.45) is 0 Å². The Hall–Kier alpha value is -2.70. The highest BCUT2D eigenvalue weighted by molar-refractivity contribution is 5.94. The third-order valence-electron chi connectivity index (χ3n) is 4.49. The number of esters is 1. The van der Waals surface area contributed by atoms with Crippen LogP contribution in [-0.4, -0.2) is 34.2 Å². The maximum atomic E-state index is 13.2. The number of nitrogens with zero attached hydrogens (tertiary/aromatic N) is 3. The molecule has 1 unspecified atom stereocenters. The van der Waals surface area contributed by atoms with Crippen LogP contribution in [0.2, 0.25) is 0 Å². The summed E-state index contributed by atoms with van der Waals surface area (Å²) in [6.45, 7) is 5.75. The Morgan fingerprint density at radius 3 is 2.73 bits per heavy atom. The Labute approximate surface area is 151 Å². The van der Waals surface area contributed by atoms with Crippen LogP contribution in [0, 0.1) is 0 Å². The lowest BCUT2D eigenvalue weighted by molar-refractivity contribution is -0.148. The fourth-order valence-corrected chi connectivity index (χ4v) is 3.29. The lowest BCUT2D eigenvalue weighted by atomic mass is 10.0. The van der Waals surface area contributed by atoms with Crippen LogP contribution in [0.3, 0.4) is 0 Å². The van der Waals surface area contributed by atoms with Gasteiger partial charge in [0.15, 0.2) is 6.04 Å². The maximum absolute atomic E-state index is 13.2. The lowest BCUT2D eigenvalue weighted by Crippen LogP contribution is -2.59. The first-order chi connectivity index (χ1) is 12.5. The Morgan fingerprint density at radius 2 is 2.04 bits per heavy atom. The van der Waals surface area contributed by atoms with E-state index >= 15 is 0 Å². The van der Waals surface area contributed by atoms with Crippen LogP contribution in [-0.2, 0) is 14.3 Å². The van der Waals surface area contributed by atoms with E-state index in [4.69, 9.17) is 4.74 Å². The van der Waals surface area contributed by atoms with E-state index in [1.165, 1.54) is 9.69 Å². The lowest BCUT2D eigenvalue weighted by Gasteiger charge is -2.36. The number of aromatic nitrogens is 2. The average Bonchev–Trinajstić information content (AvgIpc) is 2.62. The van der Waals surface area contributed by atoms with Crippen LogP contribution >= 0.6 is 0 Å². The molecule has 0 N–H and O–H groups in total. The van der Waals surface area contributed by atoms with Crippen molar-refractivity contribution in [3.05, 3.63) is 40.4 Å². The van der Waals surface area contributed by atoms with E-state index in [2.05, 4.69) is 4.98 Å². The molecule has 138 valence electrons. The van der Waals surface area contributed by atoms with Gasteiger partial charge in [0.05, 0.1) is 17.5 Å². The number of hydrogen-bond donors (Lipinski definition) is 0. The monoisotopic (exact) mass is 357 g/mol. The molecule has 1 saturated heterocycles. The van der Waals surface area contributed by atoms with Gasteiger partial charge in [0.25, 0.3) is 5.56 Å². The fraction of sp³-hybridized carbons (Fsp3) is 0.474. The second kappa shape index (κ2) is 7.27. The van der Waals surface area contributed by atoms with E-state index in [9.17, 15) is 14.4 Å². The molecule has 0 aliphatic carbocycles. The summed E-state index contributed by atoms with van der Waals surface area (Å²) in [4.78, 5) is 42.9. The van der Waals surface area contributed by atoms with E-state index in [0.717, 1.165) is 0 Å². The summed E-state index contributed by atoms with van der Waals surface area (Å²) in [6.07, 6.45) is 1.33. The Balaban J connectivity index is 2.24. The summed E-state index contributed by atoms with van der Waals surface area (Å²) >= 11 is 0. The molecule has 0 radical (unpaired) electrons. The SMILES string of the molecule is CCOC(=O)C1CCCC(=O)N1n1c(C(C)C)nc2ccccc2c1=O. The zero-order valence-corrected chi connectivity index (χ0v) is 15.3. The van der Waals surface area contributed by atoms with Crippen LogP contribution in [0.4, 0.5) is 0 Å². The van der Waals surface area contributed by atoms with Crippen molar-refractivity contribution < 1.29 is 14.3 Å². The minimum atomic E-state index is -0.811. The molecule has 2 heterocycles. The van der Waals surface area contributed by atoms with Crippen molar-refractivity contribution >= 4 is 22.8 Å². The second-order valence-electron chi connectivity index (χ2n) is 6.66. The van der Waals surface area contributed by atoms with E-state index in [-0.39, 0.29) is 30.4 Å². The molecule has 3 rings (SSSR count). The molecule has 1 aromatic carbocycles. The molecule has 1 aliphatic rings. The number of carbonyl (C=O) groups is 2. The summed E-state index contributed by atoms with van der Waals surface area (Å²) in [6, 6.07) is 6.21. The van der Waals surface area contributed by atoms with Gasteiger partial charge in [-0.05, 0) is 31.9 Å². The van der Waals surface area contributed by atoms with Crippen molar-refractivity contribution in [3.8, 4) is 0 Å². The molecule has 1 amide bonds. The minimum absolute atomic E-state index is 0.107. The van der Waals surface area contributed by atoms with Crippen LogP contribution in [0.15, 0.2) is 29.1 Å². The Bertz CT molecular complexity index is 903. The van der Waals surface area contributed by atoms with Gasteiger partial charge in [0.1, 0.15) is 5.82 Å². The molecule has 26 heavy (non-hydrogen) atoms. The first-order valence-corrected chi connectivity index (χ1v) is 8.96. The number of carbonyl (C=O) groups excluding carboxylic acids is 2. The van der Waals surface area contributed by atoms with Crippen LogP contribution in [0.25, 0.3) is 10.9 Å². The molecule has 1 fully saturated rings. The van der Waals surface area contributed by atoms with Gasteiger partial charge in [-0.15, -0.1) is 0 Å². The van der Waals surface area contributed by atoms with E-state index in [1.807, 2.05) is 19.9 Å². The van der Waals surface area contributed by atoms with Crippen molar-refractivity contribution in [1.82, 2.24) is 9.66 Å². The van der Waals surface area contributed by atoms with Crippen molar-refractivity contribution in [2.45, 2.75) is 52.0 Å². The normalized spacial score (nSPS) is 17.8. The highest BCUT2D eigenvalue weighted by Crippen LogP contribution is 2.22. The molecule has 1 aromatic heterocycles. The highest BCUT2D eigenvalue weighted by Gasteiger charge is 2.38. The summed E-state index contributed by atoms with van der Waals surface area (Å²) in [5.41, 5.74) is 0.235. The van der Waals surface area contributed by atoms with Gasteiger partial charge in [0.2, 0.25) is 5.91 Å². The number of fused-ring (bicyclic) bond motifs is 1. The molecule has 1 aliphatic heterocycles.